The molecule has 2 aromatic carbocycles. The van der Waals surface area contributed by atoms with Crippen LogP contribution in [-0.2, 0) is 4.79 Å². The highest BCUT2D eigenvalue weighted by Gasteiger charge is 2.12. The monoisotopic (exact) mass is 371 g/mol. The molecule has 0 saturated carbocycles. The Morgan fingerprint density at radius 1 is 0.852 bits per heavy atom. The van der Waals surface area contributed by atoms with Gasteiger partial charge < -0.3 is 24.3 Å². The molecular formula is C20H21NO6. The molecule has 0 aliphatic rings. The number of hydrogen-bond acceptors (Lipinski definition) is 6. The van der Waals surface area contributed by atoms with E-state index in [-0.39, 0.29) is 5.56 Å². The molecule has 142 valence electrons. The van der Waals surface area contributed by atoms with Crippen molar-refractivity contribution in [2.24, 2.45) is 0 Å². The molecule has 1 amide bonds. The number of benzene rings is 2. The Morgan fingerprint density at radius 3 is 2.04 bits per heavy atom. The van der Waals surface area contributed by atoms with Gasteiger partial charge in [-0.25, -0.2) is 0 Å². The summed E-state index contributed by atoms with van der Waals surface area (Å²) in [6.07, 6.45) is 3.61. The number of methoxy groups -OCH3 is 4. The number of aldehydes is 1. The summed E-state index contributed by atoms with van der Waals surface area (Å²) < 4.78 is 20.8. The van der Waals surface area contributed by atoms with Crippen molar-refractivity contribution in [1.82, 2.24) is 0 Å². The number of anilines is 1. The molecule has 2 rings (SSSR count). The Hall–Kier alpha value is -3.48. The van der Waals surface area contributed by atoms with Gasteiger partial charge in [0.05, 0.1) is 34.1 Å². The van der Waals surface area contributed by atoms with Crippen molar-refractivity contribution in [3.8, 4) is 23.0 Å². The molecule has 0 bridgehead atoms. The van der Waals surface area contributed by atoms with Crippen molar-refractivity contribution in [2.45, 2.75) is 0 Å². The second-order valence-corrected chi connectivity index (χ2v) is 5.35. The largest absolute Gasteiger partial charge is 0.493 e. The molecule has 0 spiro atoms. The molecule has 0 atom stereocenters. The van der Waals surface area contributed by atoms with Crippen LogP contribution >= 0.6 is 0 Å². The van der Waals surface area contributed by atoms with Gasteiger partial charge in [-0.3, -0.25) is 9.59 Å². The fraction of sp³-hybridized carbons (Fsp3) is 0.200. The van der Waals surface area contributed by atoms with E-state index in [4.69, 9.17) is 18.9 Å². The molecule has 0 aromatic heterocycles. The first-order chi connectivity index (χ1) is 13.1. The maximum Gasteiger partial charge on any atom is 0.248 e. The topological polar surface area (TPSA) is 83.1 Å². The molecule has 1 N–H and O–H groups in total. The smallest absolute Gasteiger partial charge is 0.248 e. The van der Waals surface area contributed by atoms with Gasteiger partial charge in [-0.05, 0) is 29.8 Å². The average Bonchev–Trinajstić information content (AvgIpc) is 2.71. The quantitative estimate of drug-likeness (QED) is 0.567. The Labute approximate surface area is 157 Å². The molecule has 0 aliphatic heterocycles. The molecule has 0 unspecified atom stereocenters. The lowest BCUT2D eigenvalue weighted by atomic mass is 10.1. The van der Waals surface area contributed by atoms with E-state index in [1.165, 1.54) is 39.5 Å². The third kappa shape index (κ3) is 4.78. The molecular weight excluding hydrogens is 350 g/mol. The van der Waals surface area contributed by atoms with Crippen molar-refractivity contribution in [3.05, 3.63) is 47.5 Å². The Morgan fingerprint density at radius 2 is 1.44 bits per heavy atom. The maximum absolute atomic E-state index is 12.2. The van der Waals surface area contributed by atoms with Crippen LogP contribution in [0.2, 0.25) is 0 Å². The fourth-order valence-corrected chi connectivity index (χ4v) is 2.40. The number of carbonyl (C=O) groups excluding carboxylic acids is 2. The molecule has 0 heterocycles. The van der Waals surface area contributed by atoms with E-state index in [1.807, 2.05) is 0 Å². The van der Waals surface area contributed by atoms with Gasteiger partial charge in [0.25, 0.3) is 0 Å². The molecule has 0 saturated heterocycles. The second-order valence-electron chi connectivity index (χ2n) is 5.35. The van der Waals surface area contributed by atoms with Crippen molar-refractivity contribution < 1.29 is 28.5 Å². The minimum atomic E-state index is -0.403. The van der Waals surface area contributed by atoms with Gasteiger partial charge in [0.1, 0.15) is 0 Å². The van der Waals surface area contributed by atoms with Crippen molar-refractivity contribution >= 4 is 24.0 Å². The van der Waals surface area contributed by atoms with Crippen LogP contribution in [0, 0.1) is 0 Å². The number of nitrogens with one attached hydrogen (secondary N) is 1. The molecule has 0 aliphatic carbocycles. The average molecular weight is 371 g/mol. The predicted octanol–water partition coefficient (Wildman–Crippen LogP) is 3.19. The van der Waals surface area contributed by atoms with Crippen LogP contribution in [0.1, 0.15) is 15.9 Å². The summed E-state index contributed by atoms with van der Waals surface area (Å²) in [6.45, 7) is 0. The highest BCUT2D eigenvalue weighted by Crippen LogP contribution is 2.32. The molecule has 7 nitrogen and oxygen atoms in total. The van der Waals surface area contributed by atoms with E-state index in [2.05, 4.69) is 5.32 Å². The van der Waals surface area contributed by atoms with E-state index in [0.717, 1.165) is 5.56 Å². The first kappa shape index (κ1) is 19.8. The van der Waals surface area contributed by atoms with E-state index in [0.29, 0.717) is 35.0 Å². The highest BCUT2D eigenvalue weighted by molar-refractivity contribution is 6.04. The summed E-state index contributed by atoms with van der Waals surface area (Å²) in [5.74, 6) is 1.56. The van der Waals surface area contributed by atoms with Gasteiger partial charge in [-0.1, -0.05) is 6.07 Å². The zero-order valence-electron chi connectivity index (χ0n) is 15.6. The van der Waals surface area contributed by atoms with Crippen molar-refractivity contribution in [2.75, 3.05) is 33.8 Å². The van der Waals surface area contributed by atoms with Crippen LogP contribution in [0.5, 0.6) is 23.0 Å². The minimum Gasteiger partial charge on any atom is -0.493 e. The normalized spacial score (nSPS) is 10.4. The summed E-state index contributed by atoms with van der Waals surface area (Å²) >= 11 is 0. The minimum absolute atomic E-state index is 0.278. The number of hydrogen-bond donors (Lipinski definition) is 1. The molecule has 0 fully saturated rings. The van der Waals surface area contributed by atoms with E-state index in [1.54, 1.807) is 31.4 Å². The van der Waals surface area contributed by atoms with Crippen LogP contribution in [0.25, 0.3) is 6.08 Å². The summed E-state index contributed by atoms with van der Waals surface area (Å²) in [5.41, 5.74) is 1.36. The van der Waals surface area contributed by atoms with Gasteiger partial charge >= 0.3 is 0 Å². The third-order valence-electron chi connectivity index (χ3n) is 3.78. The summed E-state index contributed by atoms with van der Waals surface area (Å²) in [6, 6.07) is 8.31. The number of amides is 1. The molecule has 2 aromatic rings. The standard InChI is InChI=1S/C20H21NO6/c1-24-16-7-5-13(9-17(16)25-2)6-8-20(23)21-15-11-19(27-4)18(26-3)10-14(15)12-22/h5-12H,1-4H3,(H,21,23)/b8-6+. The van der Waals surface area contributed by atoms with Crippen LogP contribution < -0.4 is 24.3 Å². The predicted molar refractivity (Wildman–Crippen MR) is 102 cm³/mol. The number of carbonyl (C=O) groups is 2. The van der Waals surface area contributed by atoms with Crippen molar-refractivity contribution in [3.63, 3.8) is 0 Å². The lowest BCUT2D eigenvalue weighted by Crippen LogP contribution is -2.10. The van der Waals surface area contributed by atoms with Crippen LogP contribution in [0.4, 0.5) is 5.69 Å². The summed E-state index contributed by atoms with van der Waals surface area (Å²) in [5, 5.41) is 2.66. The van der Waals surface area contributed by atoms with Gasteiger partial charge in [0, 0.05) is 17.7 Å². The van der Waals surface area contributed by atoms with Gasteiger partial charge in [0.15, 0.2) is 29.3 Å². The van der Waals surface area contributed by atoms with Gasteiger partial charge in [0.2, 0.25) is 5.91 Å². The van der Waals surface area contributed by atoms with E-state index in [9.17, 15) is 9.59 Å². The maximum atomic E-state index is 12.2. The first-order valence-corrected chi connectivity index (χ1v) is 7.98. The SMILES string of the molecule is COc1ccc(/C=C/C(=O)Nc2cc(OC)c(OC)cc2C=O)cc1OC. The Kier molecular flexibility index (Phi) is 6.82. The number of ether oxygens (including phenoxy) is 4. The van der Waals surface area contributed by atoms with E-state index < -0.39 is 5.91 Å². The van der Waals surface area contributed by atoms with Gasteiger partial charge in [-0.15, -0.1) is 0 Å². The third-order valence-corrected chi connectivity index (χ3v) is 3.78. The molecule has 27 heavy (non-hydrogen) atoms. The first-order valence-electron chi connectivity index (χ1n) is 7.98. The summed E-state index contributed by atoms with van der Waals surface area (Å²) in [4.78, 5) is 23.5. The van der Waals surface area contributed by atoms with Crippen molar-refractivity contribution in [1.29, 1.82) is 0 Å². The Bertz CT molecular complexity index is 860. The van der Waals surface area contributed by atoms with Crippen LogP contribution in [0.3, 0.4) is 0 Å². The molecule has 0 radical (unpaired) electrons. The zero-order chi connectivity index (χ0) is 19.8. The Balaban J connectivity index is 2.20. The fourth-order valence-electron chi connectivity index (χ4n) is 2.40. The lowest BCUT2D eigenvalue weighted by Gasteiger charge is -2.12. The van der Waals surface area contributed by atoms with Crippen LogP contribution in [-0.4, -0.2) is 40.6 Å². The van der Waals surface area contributed by atoms with E-state index >= 15 is 0 Å². The second kappa shape index (κ2) is 9.28. The van der Waals surface area contributed by atoms with Gasteiger partial charge in [-0.2, -0.15) is 0 Å². The lowest BCUT2D eigenvalue weighted by molar-refractivity contribution is -0.111. The van der Waals surface area contributed by atoms with Crippen LogP contribution in [0.15, 0.2) is 36.4 Å². The number of rotatable bonds is 8. The molecule has 7 heteroatoms. The summed E-state index contributed by atoms with van der Waals surface area (Å²) in [7, 11) is 6.03. The zero-order valence-corrected chi connectivity index (χ0v) is 15.6. The highest BCUT2D eigenvalue weighted by atomic mass is 16.5.